The minimum atomic E-state index is 0.0366. The van der Waals surface area contributed by atoms with Crippen molar-refractivity contribution >= 4 is 5.91 Å². The van der Waals surface area contributed by atoms with E-state index in [0.717, 1.165) is 41.4 Å². The van der Waals surface area contributed by atoms with Gasteiger partial charge in [-0.25, -0.2) is 0 Å². The van der Waals surface area contributed by atoms with Gasteiger partial charge in [-0.2, -0.15) is 0 Å². The normalized spacial score (nSPS) is 14.9. The number of carbonyl (C=O) groups excluding carboxylic acids is 1. The molecule has 1 aromatic heterocycles. The maximum Gasteiger partial charge on any atom is 0.224 e. The molecule has 32 heavy (non-hydrogen) atoms. The zero-order chi connectivity index (χ0) is 22.3. The van der Waals surface area contributed by atoms with E-state index in [0.29, 0.717) is 19.6 Å². The number of amides is 1. The SMILES string of the molecule is Cc1noc(C)c1COc1ccc(CC(=O)NCC(c2ccccc2)N2CCCC2)cc1. The quantitative estimate of drug-likeness (QED) is 0.543. The van der Waals surface area contributed by atoms with Gasteiger partial charge in [0, 0.05) is 6.54 Å². The first-order valence-corrected chi connectivity index (χ1v) is 11.3. The Balaban J connectivity index is 1.29. The van der Waals surface area contributed by atoms with Crippen LogP contribution < -0.4 is 10.1 Å². The minimum absolute atomic E-state index is 0.0366. The number of carbonyl (C=O) groups is 1. The molecule has 6 nitrogen and oxygen atoms in total. The Morgan fingerprint density at radius 1 is 1.09 bits per heavy atom. The number of hydrogen-bond donors (Lipinski definition) is 1. The molecule has 1 aliphatic heterocycles. The smallest absolute Gasteiger partial charge is 0.224 e. The zero-order valence-corrected chi connectivity index (χ0v) is 18.8. The Morgan fingerprint density at radius 2 is 1.81 bits per heavy atom. The Hall–Kier alpha value is -3.12. The number of ether oxygens (including phenoxy) is 1. The molecule has 1 fully saturated rings. The van der Waals surface area contributed by atoms with Crippen molar-refractivity contribution < 1.29 is 14.1 Å². The second-order valence-corrected chi connectivity index (χ2v) is 8.39. The fraction of sp³-hybridized carbons (Fsp3) is 0.385. The van der Waals surface area contributed by atoms with E-state index in [1.54, 1.807) is 0 Å². The predicted octanol–water partition coefficient (Wildman–Crippen LogP) is 4.37. The Labute approximate surface area is 189 Å². The summed E-state index contributed by atoms with van der Waals surface area (Å²) in [6.45, 7) is 7.00. The van der Waals surface area contributed by atoms with Crippen molar-refractivity contribution in [2.45, 2.75) is 45.8 Å². The molecule has 0 spiro atoms. The molecule has 0 aliphatic carbocycles. The van der Waals surface area contributed by atoms with Crippen LogP contribution in [0.25, 0.3) is 0 Å². The van der Waals surface area contributed by atoms with Crippen molar-refractivity contribution in [3.63, 3.8) is 0 Å². The van der Waals surface area contributed by atoms with Crippen LogP contribution in [0.4, 0.5) is 0 Å². The largest absolute Gasteiger partial charge is 0.489 e. The van der Waals surface area contributed by atoms with E-state index < -0.39 is 0 Å². The molecule has 0 radical (unpaired) electrons. The van der Waals surface area contributed by atoms with E-state index >= 15 is 0 Å². The van der Waals surface area contributed by atoms with Crippen LogP contribution >= 0.6 is 0 Å². The van der Waals surface area contributed by atoms with Crippen molar-refractivity contribution in [3.8, 4) is 5.75 Å². The van der Waals surface area contributed by atoms with E-state index in [1.165, 1.54) is 18.4 Å². The molecular weight excluding hydrogens is 402 g/mol. The van der Waals surface area contributed by atoms with Crippen LogP contribution in [0.5, 0.6) is 5.75 Å². The molecular formula is C26H31N3O3. The fourth-order valence-electron chi connectivity index (χ4n) is 4.21. The van der Waals surface area contributed by atoms with Crippen molar-refractivity contribution in [2.24, 2.45) is 0 Å². The zero-order valence-electron chi connectivity index (χ0n) is 18.8. The number of benzene rings is 2. The summed E-state index contributed by atoms with van der Waals surface area (Å²) < 4.78 is 11.0. The average Bonchev–Trinajstić information content (AvgIpc) is 3.45. The average molecular weight is 434 g/mol. The van der Waals surface area contributed by atoms with Crippen LogP contribution in [0.15, 0.2) is 59.1 Å². The van der Waals surface area contributed by atoms with Crippen molar-refractivity contribution in [2.75, 3.05) is 19.6 Å². The first-order valence-electron chi connectivity index (χ1n) is 11.3. The van der Waals surface area contributed by atoms with Crippen LogP contribution in [0.3, 0.4) is 0 Å². The molecule has 1 amide bonds. The predicted molar refractivity (Wildman–Crippen MR) is 123 cm³/mol. The lowest BCUT2D eigenvalue weighted by Crippen LogP contribution is -2.37. The first-order chi connectivity index (χ1) is 15.6. The van der Waals surface area contributed by atoms with Gasteiger partial charge >= 0.3 is 0 Å². The number of rotatable bonds is 9. The van der Waals surface area contributed by atoms with Crippen LogP contribution in [-0.4, -0.2) is 35.6 Å². The summed E-state index contributed by atoms with van der Waals surface area (Å²) in [6.07, 6.45) is 2.80. The number of hydrogen-bond acceptors (Lipinski definition) is 5. The van der Waals surface area contributed by atoms with Crippen LogP contribution in [0.2, 0.25) is 0 Å². The summed E-state index contributed by atoms with van der Waals surface area (Å²) in [4.78, 5) is 15.1. The lowest BCUT2D eigenvalue weighted by Gasteiger charge is -2.28. The third-order valence-electron chi connectivity index (χ3n) is 6.11. The highest BCUT2D eigenvalue weighted by molar-refractivity contribution is 5.78. The molecule has 2 heterocycles. The van der Waals surface area contributed by atoms with Gasteiger partial charge in [0.05, 0.1) is 23.7 Å². The van der Waals surface area contributed by atoms with Gasteiger partial charge in [-0.15, -0.1) is 0 Å². The van der Waals surface area contributed by atoms with Gasteiger partial charge in [-0.1, -0.05) is 47.6 Å². The summed E-state index contributed by atoms with van der Waals surface area (Å²) in [7, 11) is 0. The maximum atomic E-state index is 12.6. The molecule has 0 saturated carbocycles. The second-order valence-electron chi connectivity index (χ2n) is 8.39. The monoisotopic (exact) mass is 433 g/mol. The van der Waals surface area contributed by atoms with Gasteiger partial charge in [-0.3, -0.25) is 9.69 Å². The third-order valence-corrected chi connectivity index (χ3v) is 6.11. The van der Waals surface area contributed by atoms with Crippen molar-refractivity contribution in [1.29, 1.82) is 0 Å². The Kier molecular flexibility index (Phi) is 7.22. The maximum absolute atomic E-state index is 12.6. The summed E-state index contributed by atoms with van der Waals surface area (Å²) in [5.41, 5.74) is 4.04. The highest BCUT2D eigenvalue weighted by atomic mass is 16.5. The molecule has 3 aromatic rings. The van der Waals surface area contributed by atoms with Gasteiger partial charge in [0.15, 0.2) is 0 Å². The topological polar surface area (TPSA) is 67.6 Å². The standard InChI is InChI=1S/C26H31N3O3/c1-19-24(20(2)32-28-19)18-31-23-12-10-21(11-13-23)16-26(30)27-17-25(29-14-6-7-15-29)22-8-4-3-5-9-22/h3-5,8-13,25H,6-7,14-18H2,1-2H3,(H,27,30). The third kappa shape index (κ3) is 5.56. The summed E-state index contributed by atoms with van der Waals surface area (Å²) in [5.74, 6) is 1.57. The fourth-order valence-corrected chi connectivity index (χ4v) is 4.21. The Bertz CT molecular complexity index is 989. The van der Waals surface area contributed by atoms with Gasteiger partial charge in [0.2, 0.25) is 5.91 Å². The minimum Gasteiger partial charge on any atom is -0.489 e. The van der Waals surface area contributed by atoms with Crippen LogP contribution in [0.1, 0.15) is 47.0 Å². The molecule has 1 aliphatic rings. The molecule has 0 bridgehead atoms. The van der Waals surface area contributed by atoms with Crippen LogP contribution in [-0.2, 0) is 17.8 Å². The van der Waals surface area contributed by atoms with Gasteiger partial charge in [0.1, 0.15) is 18.1 Å². The van der Waals surface area contributed by atoms with E-state index in [1.807, 2.05) is 44.2 Å². The van der Waals surface area contributed by atoms with E-state index in [9.17, 15) is 4.79 Å². The van der Waals surface area contributed by atoms with Gasteiger partial charge < -0.3 is 14.6 Å². The molecule has 1 unspecified atom stereocenters. The number of aromatic nitrogens is 1. The molecule has 2 aromatic carbocycles. The van der Waals surface area contributed by atoms with Gasteiger partial charge in [-0.05, 0) is 63.0 Å². The molecule has 6 heteroatoms. The number of aryl methyl sites for hydroxylation is 2. The van der Waals surface area contributed by atoms with E-state index in [2.05, 4.69) is 39.6 Å². The van der Waals surface area contributed by atoms with E-state index in [4.69, 9.17) is 9.26 Å². The van der Waals surface area contributed by atoms with Crippen molar-refractivity contribution in [3.05, 3.63) is 82.7 Å². The Morgan fingerprint density at radius 3 is 2.47 bits per heavy atom. The number of nitrogens with one attached hydrogen (secondary N) is 1. The highest BCUT2D eigenvalue weighted by Gasteiger charge is 2.23. The van der Waals surface area contributed by atoms with Crippen molar-refractivity contribution in [1.82, 2.24) is 15.4 Å². The molecule has 4 rings (SSSR count). The van der Waals surface area contributed by atoms with Gasteiger partial charge in [0.25, 0.3) is 0 Å². The molecule has 1 saturated heterocycles. The highest BCUT2D eigenvalue weighted by Crippen LogP contribution is 2.24. The van der Waals surface area contributed by atoms with Crippen LogP contribution in [0, 0.1) is 13.8 Å². The summed E-state index contributed by atoms with van der Waals surface area (Å²) in [6, 6.07) is 18.4. The summed E-state index contributed by atoms with van der Waals surface area (Å²) >= 11 is 0. The second kappa shape index (κ2) is 10.5. The summed E-state index contributed by atoms with van der Waals surface area (Å²) in [5, 5.41) is 7.10. The number of likely N-dealkylation sites (tertiary alicyclic amines) is 1. The molecule has 168 valence electrons. The molecule has 1 atom stereocenters. The van der Waals surface area contributed by atoms with E-state index in [-0.39, 0.29) is 11.9 Å². The lowest BCUT2D eigenvalue weighted by atomic mass is 10.1. The lowest BCUT2D eigenvalue weighted by molar-refractivity contribution is -0.120. The number of nitrogens with zero attached hydrogens (tertiary/aromatic N) is 2. The molecule has 1 N–H and O–H groups in total. The first kappa shape index (κ1) is 22.1.